The molecule has 0 aliphatic heterocycles. The first kappa shape index (κ1) is 17.2. The van der Waals surface area contributed by atoms with E-state index in [0.717, 1.165) is 29.9 Å². The molecule has 2 rings (SSSR count). The van der Waals surface area contributed by atoms with Gasteiger partial charge >= 0.3 is 5.97 Å². The third-order valence-electron chi connectivity index (χ3n) is 3.23. The minimum atomic E-state index is -0.834. The number of rotatable bonds is 6. The number of ether oxygens (including phenoxy) is 1. The van der Waals surface area contributed by atoms with Crippen LogP contribution in [0, 0.1) is 5.82 Å². The van der Waals surface area contributed by atoms with Crippen LogP contribution in [0.3, 0.4) is 0 Å². The van der Waals surface area contributed by atoms with Crippen molar-refractivity contribution in [2.45, 2.75) is 18.9 Å². The topological polar surface area (TPSA) is 75.7 Å². The minimum absolute atomic E-state index is 0.0324. The van der Waals surface area contributed by atoms with Gasteiger partial charge in [0.05, 0.1) is 17.1 Å². The molecular weight excluding hydrogens is 327 g/mol. The average Bonchev–Trinajstić information content (AvgIpc) is 3.27. The van der Waals surface area contributed by atoms with Crippen molar-refractivity contribution in [3.63, 3.8) is 0 Å². The lowest BCUT2D eigenvalue weighted by molar-refractivity contribution is -0.137. The van der Waals surface area contributed by atoms with E-state index in [-0.39, 0.29) is 29.1 Å². The largest absolute Gasteiger partial charge is 0.452 e. The molecule has 0 radical (unpaired) electrons. The van der Waals surface area contributed by atoms with Gasteiger partial charge in [-0.05, 0) is 31.0 Å². The molecule has 1 aliphatic rings. The van der Waals surface area contributed by atoms with E-state index in [4.69, 9.17) is 16.3 Å². The lowest BCUT2D eigenvalue weighted by atomic mass is 10.2. The fourth-order valence-electron chi connectivity index (χ4n) is 1.77. The number of likely N-dealkylation sites (N-methyl/N-ethyl adjacent to an activating group) is 1. The minimum Gasteiger partial charge on any atom is -0.452 e. The van der Waals surface area contributed by atoms with Crippen molar-refractivity contribution < 1.29 is 23.5 Å². The number of carbonyl (C=O) groups is 3. The van der Waals surface area contributed by atoms with E-state index >= 15 is 0 Å². The van der Waals surface area contributed by atoms with E-state index in [0.29, 0.717) is 0 Å². The van der Waals surface area contributed by atoms with E-state index in [1.807, 2.05) is 0 Å². The van der Waals surface area contributed by atoms with Gasteiger partial charge in [-0.25, -0.2) is 9.18 Å². The Hall–Kier alpha value is -2.15. The van der Waals surface area contributed by atoms with Gasteiger partial charge in [0.2, 0.25) is 5.91 Å². The first-order chi connectivity index (χ1) is 10.9. The summed E-state index contributed by atoms with van der Waals surface area (Å²) in [5.74, 6) is -2.19. The molecule has 0 saturated heterocycles. The van der Waals surface area contributed by atoms with Crippen molar-refractivity contribution in [1.82, 2.24) is 10.2 Å². The molecule has 0 bridgehead atoms. The van der Waals surface area contributed by atoms with Gasteiger partial charge in [-0.2, -0.15) is 0 Å². The highest BCUT2D eigenvalue weighted by Crippen LogP contribution is 2.19. The lowest BCUT2D eigenvalue weighted by Crippen LogP contribution is -2.40. The van der Waals surface area contributed by atoms with Gasteiger partial charge in [-0.1, -0.05) is 11.6 Å². The second-order valence-electron chi connectivity index (χ2n) is 5.29. The van der Waals surface area contributed by atoms with E-state index in [2.05, 4.69) is 5.32 Å². The maximum absolute atomic E-state index is 12.9. The van der Waals surface area contributed by atoms with Crippen LogP contribution in [0.1, 0.15) is 23.2 Å². The number of carbonyl (C=O) groups excluding carboxylic acids is 3. The molecule has 1 N–H and O–H groups in total. The van der Waals surface area contributed by atoms with Crippen LogP contribution >= 0.6 is 11.6 Å². The zero-order valence-corrected chi connectivity index (χ0v) is 13.2. The van der Waals surface area contributed by atoms with Crippen LogP contribution in [0.15, 0.2) is 18.2 Å². The third kappa shape index (κ3) is 5.21. The number of esters is 1. The molecule has 8 heteroatoms. The summed E-state index contributed by atoms with van der Waals surface area (Å²) < 4.78 is 17.7. The molecule has 0 unspecified atom stereocenters. The molecular formula is C15H16ClFN2O4. The number of nitrogens with one attached hydrogen (secondary N) is 1. The van der Waals surface area contributed by atoms with Crippen LogP contribution in [-0.4, -0.2) is 48.9 Å². The van der Waals surface area contributed by atoms with E-state index in [1.165, 1.54) is 13.1 Å². The quantitative estimate of drug-likeness (QED) is 0.792. The summed E-state index contributed by atoms with van der Waals surface area (Å²) in [6.07, 6.45) is 1.92. The van der Waals surface area contributed by atoms with E-state index < -0.39 is 24.3 Å². The number of nitrogens with zero attached hydrogens (tertiary/aromatic N) is 1. The number of benzene rings is 1. The summed E-state index contributed by atoms with van der Waals surface area (Å²) in [4.78, 5) is 36.4. The molecule has 23 heavy (non-hydrogen) atoms. The second-order valence-corrected chi connectivity index (χ2v) is 5.70. The molecule has 0 atom stereocenters. The van der Waals surface area contributed by atoms with E-state index in [1.54, 1.807) is 0 Å². The smallest absolute Gasteiger partial charge is 0.340 e. The summed E-state index contributed by atoms with van der Waals surface area (Å²) in [7, 11) is 1.44. The maximum Gasteiger partial charge on any atom is 0.340 e. The summed E-state index contributed by atoms with van der Waals surface area (Å²) >= 11 is 5.74. The highest BCUT2D eigenvalue weighted by atomic mass is 35.5. The Labute approximate surface area is 137 Å². The van der Waals surface area contributed by atoms with Gasteiger partial charge in [0.15, 0.2) is 6.61 Å². The van der Waals surface area contributed by atoms with Gasteiger partial charge < -0.3 is 15.0 Å². The average molecular weight is 343 g/mol. The SMILES string of the molecule is CN(CC(=O)NC1CC1)C(=O)COC(=O)c1ccc(F)cc1Cl. The van der Waals surface area contributed by atoms with Crippen molar-refractivity contribution in [3.05, 3.63) is 34.6 Å². The molecule has 6 nitrogen and oxygen atoms in total. The monoisotopic (exact) mass is 342 g/mol. The van der Waals surface area contributed by atoms with Crippen molar-refractivity contribution in [3.8, 4) is 0 Å². The summed E-state index contributed by atoms with van der Waals surface area (Å²) in [5, 5.41) is 2.65. The molecule has 0 spiro atoms. The number of hydrogen-bond donors (Lipinski definition) is 1. The first-order valence-corrected chi connectivity index (χ1v) is 7.40. The zero-order chi connectivity index (χ0) is 17.0. The number of hydrogen-bond acceptors (Lipinski definition) is 4. The van der Waals surface area contributed by atoms with Gasteiger partial charge in [-0.15, -0.1) is 0 Å². The fourth-order valence-corrected chi connectivity index (χ4v) is 2.02. The van der Waals surface area contributed by atoms with Crippen LogP contribution in [-0.2, 0) is 14.3 Å². The zero-order valence-electron chi connectivity index (χ0n) is 12.5. The van der Waals surface area contributed by atoms with Crippen molar-refractivity contribution in [1.29, 1.82) is 0 Å². The normalized spacial score (nSPS) is 13.3. The van der Waals surface area contributed by atoms with Gasteiger partial charge in [-0.3, -0.25) is 9.59 Å². The lowest BCUT2D eigenvalue weighted by Gasteiger charge is -2.16. The third-order valence-corrected chi connectivity index (χ3v) is 3.54. The highest BCUT2D eigenvalue weighted by molar-refractivity contribution is 6.33. The molecule has 0 aromatic heterocycles. The first-order valence-electron chi connectivity index (χ1n) is 7.02. The van der Waals surface area contributed by atoms with Crippen LogP contribution < -0.4 is 5.32 Å². The standard InChI is InChI=1S/C15H16ClFN2O4/c1-19(7-13(20)18-10-3-4-10)14(21)8-23-15(22)11-5-2-9(17)6-12(11)16/h2,5-6,10H,3-4,7-8H2,1H3,(H,18,20). The van der Waals surface area contributed by atoms with Crippen LogP contribution in [0.2, 0.25) is 5.02 Å². The van der Waals surface area contributed by atoms with Crippen molar-refractivity contribution in [2.75, 3.05) is 20.2 Å². The molecule has 1 aromatic rings. The van der Waals surface area contributed by atoms with Crippen LogP contribution in [0.4, 0.5) is 4.39 Å². The number of halogens is 2. The van der Waals surface area contributed by atoms with Crippen LogP contribution in [0.5, 0.6) is 0 Å². The maximum atomic E-state index is 12.9. The Kier molecular flexibility index (Phi) is 5.54. The Morgan fingerprint density at radius 3 is 2.70 bits per heavy atom. The summed E-state index contributed by atoms with van der Waals surface area (Å²) in [6, 6.07) is 3.44. The van der Waals surface area contributed by atoms with Gasteiger partial charge in [0.25, 0.3) is 5.91 Å². The van der Waals surface area contributed by atoms with Gasteiger partial charge in [0, 0.05) is 13.1 Å². The molecule has 1 aromatic carbocycles. The van der Waals surface area contributed by atoms with Crippen molar-refractivity contribution >= 4 is 29.4 Å². The molecule has 2 amide bonds. The highest BCUT2D eigenvalue weighted by Gasteiger charge is 2.24. The molecule has 1 saturated carbocycles. The predicted molar refractivity (Wildman–Crippen MR) is 80.5 cm³/mol. The molecule has 124 valence electrons. The molecule has 1 aliphatic carbocycles. The van der Waals surface area contributed by atoms with Crippen molar-refractivity contribution in [2.24, 2.45) is 0 Å². The fraction of sp³-hybridized carbons (Fsp3) is 0.400. The summed E-state index contributed by atoms with van der Waals surface area (Å²) in [6.45, 7) is -0.635. The van der Waals surface area contributed by atoms with Crippen LogP contribution in [0.25, 0.3) is 0 Å². The predicted octanol–water partition coefficient (Wildman–Crippen LogP) is 1.37. The number of amides is 2. The molecule has 1 fully saturated rings. The Morgan fingerprint density at radius 2 is 2.09 bits per heavy atom. The summed E-state index contributed by atoms with van der Waals surface area (Å²) in [5.41, 5.74) is -0.0324. The second kappa shape index (κ2) is 7.41. The Morgan fingerprint density at radius 1 is 1.39 bits per heavy atom. The Bertz CT molecular complexity index is 634. The Balaban J connectivity index is 1.80. The molecule has 0 heterocycles. The van der Waals surface area contributed by atoms with E-state index in [9.17, 15) is 18.8 Å². The van der Waals surface area contributed by atoms with Gasteiger partial charge in [0.1, 0.15) is 5.82 Å².